The summed E-state index contributed by atoms with van der Waals surface area (Å²) < 4.78 is 5.57. The summed E-state index contributed by atoms with van der Waals surface area (Å²) in [6.45, 7) is 7.95. The minimum atomic E-state index is -0.0579. The van der Waals surface area contributed by atoms with Gasteiger partial charge in [0.1, 0.15) is 6.54 Å². The predicted octanol–water partition coefficient (Wildman–Crippen LogP) is 1.11. The van der Waals surface area contributed by atoms with Crippen LogP contribution in [0.2, 0.25) is 0 Å². The number of nitrogens with zero attached hydrogens (tertiary/aromatic N) is 1. The van der Waals surface area contributed by atoms with Gasteiger partial charge in [0.05, 0.1) is 0 Å². The Kier molecular flexibility index (Phi) is 12.8. The minimum absolute atomic E-state index is 0. The molecule has 124 valence electrons. The number of guanidine groups is 1. The van der Waals surface area contributed by atoms with Gasteiger partial charge in [0.25, 0.3) is 0 Å². The largest absolute Gasteiger partial charge is 0.381 e. The summed E-state index contributed by atoms with van der Waals surface area (Å²) in [5.74, 6) is 1.44. The Hall–Kier alpha value is -0.570. The maximum Gasteiger partial charge on any atom is 0.241 e. The molecule has 1 aliphatic carbocycles. The maximum atomic E-state index is 11.3. The molecule has 6 nitrogen and oxygen atoms in total. The van der Waals surface area contributed by atoms with Crippen LogP contribution in [-0.2, 0) is 9.53 Å². The molecule has 1 amide bonds. The van der Waals surface area contributed by atoms with E-state index < -0.39 is 0 Å². The number of ether oxygens (including phenoxy) is 1. The van der Waals surface area contributed by atoms with Crippen molar-refractivity contribution in [3.63, 3.8) is 0 Å². The van der Waals surface area contributed by atoms with E-state index in [0.29, 0.717) is 12.5 Å². The van der Waals surface area contributed by atoms with E-state index in [-0.39, 0.29) is 36.4 Å². The molecule has 21 heavy (non-hydrogen) atoms. The van der Waals surface area contributed by atoms with Gasteiger partial charge < -0.3 is 20.7 Å². The number of hydrogen-bond acceptors (Lipinski definition) is 3. The van der Waals surface area contributed by atoms with Crippen LogP contribution in [-0.4, -0.2) is 51.3 Å². The second kappa shape index (κ2) is 13.1. The average molecular weight is 412 g/mol. The Labute approximate surface area is 144 Å². The summed E-state index contributed by atoms with van der Waals surface area (Å²) in [6.07, 6.45) is 3.60. The molecule has 0 saturated heterocycles. The molecule has 0 bridgehead atoms. The normalized spacial score (nSPS) is 14.3. The van der Waals surface area contributed by atoms with E-state index in [1.165, 1.54) is 12.8 Å². The second-order valence-corrected chi connectivity index (χ2v) is 4.95. The van der Waals surface area contributed by atoms with Crippen LogP contribution < -0.4 is 16.0 Å². The Balaban J connectivity index is 0.00000400. The van der Waals surface area contributed by atoms with E-state index in [1.54, 1.807) is 0 Å². The van der Waals surface area contributed by atoms with Gasteiger partial charge in [-0.3, -0.25) is 4.79 Å². The quantitative estimate of drug-likeness (QED) is 0.218. The lowest BCUT2D eigenvalue weighted by atomic mass is 10.4. The number of nitrogens with one attached hydrogen (secondary N) is 3. The molecular formula is C14H29IN4O2. The highest BCUT2D eigenvalue weighted by molar-refractivity contribution is 14.0. The third-order valence-electron chi connectivity index (χ3n) is 2.91. The highest BCUT2D eigenvalue weighted by Gasteiger charge is 2.20. The first-order valence-electron chi connectivity index (χ1n) is 7.62. The van der Waals surface area contributed by atoms with Crippen LogP contribution in [0.15, 0.2) is 4.99 Å². The molecule has 0 aromatic heterocycles. The van der Waals surface area contributed by atoms with Crippen molar-refractivity contribution >= 4 is 35.8 Å². The van der Waals surface area contributed by atoms with Crippen molar-refractivity contribution in [1.29, 1.82) is 0 Å². The van der Waals surface area contributed by atoms with E-state index in [2.05, 4.69) is 20.9 Å². The highest BCUT2D eigenvalue weighted by atomic mass is 127. The third kappa shape index (κ3) is 11.7. The fourth-order valence-electron chi connectivity index (χ4n) is 1.66. The van der Waals surface area contributed by atoms with Gasteiger partial charge in [0.15, 0.2) is 5.96 Å². The minimum Gasteiger partial charge on any atom is -0.381 e. The molecule has 0 spiro atoms. The van der Waals surface area contributed by atoms with Crippen molar-refractivity contribution in [2.75, 3.05) is 39.4 Å². The van der Waals surface area contributed by atoms with Crippen molar-refractivity contribution in [3.05, 3.63) is 0 Å². The lowest BCUT2D eigenvalue weighted by Gasteiger charge is -2.11. The lowest BCUT2D eigenvalue weighted by Crippen LogP contribution is -2.39. The van der Waals surface area contributed by atoms with Gasteiger partial charge >= 0.3 is 0 Å². The van der Waals surface area contributed by atoms with Crippen LogP contribution >= 0.6 is 24.0 Å². The molecule has 1 rings (SSSR count). The third-order valence-corrected chi connectivity index (χ3v) is 2.91. The molecule has 1 saturated carbocycles. The molecule has 0 atom stereocenters. The molecule has 3 N–H and O–H groups in total. The number of aliphatic imine (C=N–C) groups is 1. The molecular weight excluding hydrogens is 383 g/mol. The molecule has 0 unspecified atom stereocenters. The number of carbonyl (C=O) groups is 1. The number of carbonyl (C=O) groups excluding carboxylic acids is 1. The monoisotopic (exact) mass is 412 g/mol. The molecule has 0 aliphatic heterocycles. The van der Waals surface area contributed by atoms with Crippen molar-refractivity contribution < 1.29 is 9.53 Å². The molecule has 0 heterocycles. The summed E-state index contributed by atoms with van der Waals surface area (Å²) in [5.41, 5.74) is 0. The summed E-state index contributed by atoms with van der Waals surface area (Å²) in [5, 5.41) is 9.04. The molecule has 0 aromatic rings. The standard InChI is InChI=1S/C14H28N4O2.HI/c1-3-15-13(19)10-18-14(16-4-2)17-8-5-9-20-11-12-6-7-12;/h12H,3-11H2,1-2H3,(H,15,19)(H2,16,17,18);1H. The van der Waals surface area contributed by atoms with Gasteiger partial charge in [-0.1, -0.05) is 0 Å². The van der Waals surface area contributed by atoms with Crippen molar-refractivity contribution in [3.8, 4) is 0 Å². The number of likely N-dealkylation sites (N-methyl/N-ethyl adjacent to an activating group) is 1. The van der Waals surface area contributed by atoms with Gasteiger partial charge in [-0.05, 0) is 39.0 Å². The van der Waals surface area contributed by atoms with Crippen molar-refractivity contribution in [1.82, 2.24) is 16.0 Å². The van der Waals surface area contributed by atoms with Crippen LogP contribution in [0.4, 0.5) is 0 Å². The highest BCUT2D eigenvalue weighted by Crippen LogP contribution is 2.28. The van der Waals surface area contributed by atoms with Crippen molar-refractivity contribution in [2.24, 2.45) is 10.9 Å². The average Bonchev–Trinajstić information content (AvgIpc) is 3.24. The zero-order chi connectivity index (χ0) is 14.6. The van der Waals surface area contributed by atoms with Crippen LogP contribution in [0.5, 0.6) is 0 Å². The topological polar surface area (TPSA) is 74.8 Å². The maximum absolute atomic E-state index is 11.3. The first kappa shape index (κ1) is 20.4. The van der Waals surface area contributed by atoms with Gasteiger partial charge in [0.2, 0.25) is 5.91 Å². The number of hydrogen-bond donors (Lipinski definition) is 3. The summed E-state index contributed by atoms with van der Waals surface area (Å²) in [4.78, 5) is 15.6. The second-order valence-electron chi connectivity index (χ2n) is 4.95. The molecule has 1 fully saturated rings. The molecule has 1 aliphatic rings. The van der Waals surface area contributed by atoms with Crippen molar-refractivity contribution in [2.45, 2.75) is 33.1 Å². The fourth-order valence-corrected chi connectivity index (χ4v) is 1.66. The van der Waals surface area contributed by atoms with Gasteiger partial charge in [-0.2, -0.15) is 0 Å². The van der Waals surface area contributed by atoms with Gasteiger partial charge in [0, 0.05) is 32.8 Å². The van der Waals surface area contributed by atoms with Gasteiger partial charge in [-0.15, -0.1) is 24.0 Å². The Bertz CT molecular complexity index is 309. The molecule has 7 heteroatoms. The summed E-state index contributed by atoms with van der Waals surface area (Å²) in [6, 6.07) is 0. The van der Waals surface area contributed by atoms with Crippen LogP contribution in [0.1, 0.15) is 33.1 Å². The number of amides is 1. The zero-order valence-corrected chi connectivity index (χ0v) is 15.4. The summed E-state index contributed by atoms with van der Waals surface area (Å²) in [7, 11) is 0. The smallest absolute Gasteiger partial charge is 0.241 e. The Morgan fingerprint density at radius 3 is 2.52 bits per heavy atom. The SMILES string of the molecule is CCNC(=O)CN=C(NCC)NCCCOCC1CC1.I. The first-order chi connectivity index (χ1) is 9.76. The fraction of sp³-hybridized carbons (Fsp3) is 0.857. The van der Waals surface area contributed by atoms with E-state index in [1.807, 2.05) is 13.8 Å². The van der Waals surface area contributed by atoms with Crippen LogP contribution in [0.25, 0.3) is 0 Å². The first-order valence-corrected chi connectivity index (χ1v) is 7.62. The predicted molar refractivity (Wildman–Crippen MR) is 96.2 cm³/mol. The lowest BCUT2D eigenvalue weighted by molar-refractivity contribution is -0.119. The van der Waals surface area contributed by atoms with E-state index in [0.717, 1.165) is 38.6 Å². The summed E-state index contributed by atoms with van der Waals surface area (Å²) >= 11 is 0. The number of halogens is 1. The Morgan fingerprint density at radius 1 is 1.19 bits per heavy atom. The van der Waals surface area contributed by atoms with Gasteiger partial charge in [-0.25, -0.2) is 4.99 Å². The number of rotatable bonds is 10. The van der Waals surface area contributed by atoms with E-state index in [4.69, 9.17) is 4.74 Å². The van der Waals surface area contributed by atoms with Crippen LogP contribution in [0, 0.1) is 5.92 Å². The molecule has 0 radical (unpaired) electrons. The van der Waals surface area contributed by atoms with Crippen LogP contribution in [0.3, 0.4) is 0 Å². The van der Waals surface area contributed by atoms with E-state index >= 15 is 0 Å². The van der Waals surface area contributed by atoms with E-state index in [9.17, 15) is 4.79 Å². The Morgan fingerprint density at radius 2 is 1.90 bits per heavy atom. The molecule has 0 aromatic carbocycles. The zero-order valence-electron chi connectivity index (χ0n) is 13.1.